The van der Waals surface area contributed by atoms with Crippen LogP contribution < -0.4 is 10.6 Å². The van der Waals surface area contributed by atoms with Crippen molar-refractivity contribution in [1.82, 2.24) is 19.9 Å². The number of rotatable bonds is 4. The second-order valence-electron chi connectivity index (χ2n) is 7.10. The second-order valence-corrected chi connectivity index (χ2v) is 7.51. The van der Waals surface area contributed by atoms with E-state index in [4.69, 9.17) is 11.6 Å². The molecule has 0 aliphatic carbocycles. The van der Waals surface area contributed by atoms with Gasteiger partial charge in [0.2, 0.25) is 0 Å². The average Bonchev–Trinajstić information content (AvgIpc) is 3.22. The van der Waals surface area contributed by atoms with Gasteiger partial charge in [-0.1, -0.05) is 48.0 Å². The van der Waals surface area contributed by atoms with E-state index in [9.17, 15) is 4.79 Å². The van der Waals surface area contributed by atoms with E-state index in [1.54, 1.807) is 12.5 Å². The fourth-order valence-electron chi connectivity index (χ4n) is 3.48. The van der Waals surface area contributed by atoms with Crippen LogP contribution in [0.2, 0.25) is 5.02 Å². The Kier molecular flexibility index (Phi) is 4.98. The maximum atomic E-state index is 12.3. The van der Waals surface area contributed by atoms with Gasteiger partial charge in [0.1, 0.15) is 6.33 Å². The van der Waals surface area contributed by atoms with Gasteiger partial charge in [-0.3, -0.25) is 9.55 Å². The van der Waals surface area contributed by atoms with Crippen LogP contribution in [0.4, 0.5) is 10.5 Å². The van der Waals surface area contributed by atoms with Gasteiger partial charge in [-0.05, 0) is 42.0 Å². The highest BCUT2D eigenvalue weighted by molar-refractivity contribution is 6.31. The number of halogens is 1. The Balaban J connectivity index is 1.27. The van der Waals surface area contributed by atoms with Gasteiger partial charge in [0.15, 0.2) is 0 Å². The number of carbonyl (C=O) groups excluding carboxylic acids is 1. The molecule has 3 aromatic carbocycles. The van der Waals surface area contributed by atoms with E-state index in [1.807, 2.05) is 77.4 Å². The Labute approximate surface area is 183 Å². The van der Waals surface area contributed by atoms with Crippen molar-refractivity contribution in [2.75, 3.05) is 5.32 Å². The topological polar surface area (TPSA) is 71.8 Å². The molecule has 0 bridgehead atoms. The highest BCUT2D eigenvalue weighted by atomic mass is 35.5. The van der Waals surface area contributed by atoms with Crippen LogP contribution >= 0.6 is 11.6 Å². The lowest BCUT2D eigenvalue weighted by Crippen LogP contribution is -2.28. The molecule has 2 aromatic heterocycles. The van der Waals surface area contributed by atoms with E-state index in [0.29, 0.717) is 17.3 Å². The number of anilines is 1. The van der Waals surface area contributed by atoms with Crippen molar-refractivity contribution in [3.63, 3.8) is 0 Å². The summed E-state index contributed by atoms with van der Waals surface area (Å²) in [5.74, 6) is 0. The van der Waals surface area contributed by atoms with E-state index in [2.05, 4.69) is 20.6 Å². The van der Waals surface area contributed by atoms with Crippen LogP contribution in [0.15, 0.2) is 85.3 Å². The minimum atomic E-state index is -0.321. The first-order chi connectivity index (χ1) is 15.2. The summed E-state index contributed by atoms with van der Waals surface area (Å²) in [5, 5.41) is 7.18. The average molecular weight is 428 g/mol. The molecule has 0 saturated carbocycles. The number of carbonyl (C=O) groups is 1. The van der Waals surface area contributed by atoms with E-state index in [-0.39, 0.29) is 6.03 Å². The first kappa shape index (κ1) is 19.1. The first-order valence-electron chi connectivity index (χ1n) is 9.78. The van der Waals surface area contributed by atoms with Crippen LogP contribution in [-0.4, -0.2) is 20.6 Å². The predicted molar refractivity (Wildman–Crippen MR) is 124 cm³/mol. The standard InChI is InChI=1S/C24H18ClN5O/c25-20-12-19(30-15-28-22-7-3-4-8-23(22)30)10-9-17(20)13-27-24(31)29-18-11-16-5-1-2-6-21(16)26-14-18/h1-12,14-15H,13H2,(H2,27,29,31). The maximum absolute atomic E-state index is 12.3. The molecule has 6 nitrogen and oxygen atoms in total. The summed E-state index contributed by atoms with van der Waals surface area (Å²) in [6.45, 7) is 0.302. The van der Waals surface area contributed by atoms with Crippen molar-refractivity contribution < 1.29 is 4.79 Å². The van der Waals surface area contributed by atoms with Crippen LogP contribution in [0, 0.1) is 0 Å². The van der Waals surface area contributed by atoms with Crippen LogP contribution in [0.25, 0.3) is 27.6 Å². The third kappa shape index (κ3) is 3.93. The number of urea groups is 1. The van der Waals surface area contributed by atoms with Crippen molar-refractivity contribution in [3.05, 3.63) is 95.9 Å². The van der Waals surface area contributed by atoms with E-state index in [0.717, 1.165) is 33.2 Å². The molecule has 2 amide bonds. The summed E-state index contributed by atoms with van der Waals surface area (Å²) in [5.41, 5.74) is 5.17. The van der Waals surface area contributed by atoms with E-state index < -0.39 is 0 Å². The number of aromatic nitrogens is 3. The van der Waals surface area contributed by atoms with Crippen LogP contribution in [-0.2, 0) is 6.54 Å². The van der Waals surface area contributed by atoms with Crippen LogP contribution in [0.5, 0.6) is 0 Å². The quantitative estimate of drug-likeness (QED) is 0.395. The van der Waals surface area contributed by atoms with Crippen molar-refractivity contribution >= 4 is 45.3 Å². The number of nitrogens with one attached hydrogen (secondary N) is 2. The van der Waals surface area contributed by atoms with Gasteiger partial charge in [-0.25, -0.2) is 9.78 Å². The highest BCUT2D eigenvalue weighted by Crippen LogP contribution is 2.24. The second kappa shape index (κ2) is 8.08. The van der Waals surface area contributed by atoms with Gasteiger partial charge in [0.05, 0.1) is 28.4 Å². The van der Waals surface area contributed by atoms with Crippen molar-refractivity contribution in [3.8, 4) is 5.69 Å². The SMILES string of the molecule is O=C(NCc1ccc(-n2cnc3ccccc32)cc1Cl)Nc1cnc2ccccc2c1. The number of para-hydroxylation sites is 3. The minimum absolute atomic E-state index is 0.302. The first-order valence-corrected chi connectivity index (χ1v) is 10.2. The Morgan fingerprint density at radius 1 is 0.935 bits per heavy atom. The Bertz CT molecular complexity index is 1410. The lowest BCUT2D eigenvalue weighted by Gasteiger charge is -2.11. The number of hydrogen-bond donors (Lipinski definition) is 2. The zero-order chi connectivity index (χ0) is 21.2. The molecule has 7 heteroatoms. The molecular weight excluding hydrogens is 410 g/mol. The Morgan fingerprint density at radius 2 is 1.74 bits per heavy atom. The summed E-state index contributed by atoms with van der Waals surface area (Å²) in [6.07, 6.45) is 3.42. The summed E-state index contributed by atoms with van der Waals surface area (Å²) in [7, 11) is 0. The van der Waals surface area contributed by atoms with Gasteiger partial charge in [0, 0.05) is 22.6 Å². The van der Waals surface area contributed by atoms with Gasteiger partial charge >= 0.3 is 6.03 Å². The summed E-state index contributed by atoms with van der Waals surface area (Å²) in [4.78, 5) is 21.1. The molecule has 0 fully saturated rings. The third-order valence-electron chi connectivity index (χ3n) is 5.06. The molecule has 31 heavy (non-hydrogen) atoms. The Morgan fingerprint density at radius 3 is 2.61 bits per heavy atom. The maximum Gasteiger partial charge on any atom is 0.319 e. The minimum Gasteiger partial charge on any atom is -0.334 e. The van der Waals surface area contributed by atoms with Crippen molar-refractivity contribution in [2.45, 2.75) is 6.54 Å². The molecule has 2 heterocycles. The summed E-state index contributed by atoms with van der Waals surface area (Å²) < 4.78 is 1.98. The molecule has 5 aromatic rings. The van der Waals surface area contributed by atoms with E-state index in [1.165, 1.54) is 0 Å². The fraction of sp³-hybridized carbons (Fsp3) is 0.0417. The summed E-state index contributed by atoms with van der Waals surface area (Å²) in [6, 6.07) is 23.0. The number of amides is 2. The zero-order valence-electron chi connectivity index (χ0n) is 16.4. The molecule has 0 radical (unpaired) electrons. The molecule has 0 spiro atoms. The molecule has 2 N–H and O–H groups in total. The molecular formula is C24H18ClN5O. The highest BCUT2D eigenvalue weighted by Gasteiger charge is 2.09. The predicted octanol–water partition coefficient (Wildman–Crippen LogP) is 5.55. The Hall–Kier alpha value is -3.90. The third-order valence-corrected chi connectivity index (χ3v) is 5.41. The number of hydrogen-bond acceptors (Lipinski definition) is 3. The lowest BCUT2D eigenvalue weighted by molar-refractivity contribution is 0.251. The van der Waals surface area contributed by atoms with Crippen molar-refractivity contribution in [2.24, 2.45) is 0 Å². The number of pyridine rings is 1. The zero-order valence-corrected chi connectivity index (χ0v) is 17.2. The van der Waals surface area contributed by atoms with Crippen molar-refractivity contribution in [1.29, 1.82) is 0 Å². The monoisotopic (exact) mass is 427 g/mol. The van der Waals surface area contributed by atoms with Gasteiger partial charge in [-0.15, -0.1) is 0 Å². The normalized spacial score (nSPS) is 11.0. The number of benzene rings is 3. The smallest absolute Gasteiger partial charge is 0.319 e. The van der Waals surface area contributed by atoms with Crippen LogP contribution in [0.1, 0.15) is 5.56 Å². The van der Waals surface area contributed by atoms with Crippen LogP contribution in [0.3, 0.4) is 0 Å². The molecule has 0 atom stereocenters. The number of nitrogens with zero attached hydrogens (tertiary/aromatic N) is 3. The largest absolute Gasteiger partial charge is 0.334 e. The molecule has 5 rings (SSSR count). The molecule has 0 aliphatic rings. The molecule has 0 unspecified atom stereocenters. The van der Waals surface area contributed by atoms with Gasteiger partial charge in [0.25, 0.3) is 0 Å². The van der Waals surface area contributed by atoms with E-state index >= 15 is 0 Å². The summed E-state index contributed by atoms with van der Waals surface area (Å²) >= 11 is 6.49. The van der Waals surface area contributed by atoms with Gasteiger partial charge in [-0.2, -0.15) is 0 Å². The molecule has 0 aliphatic heterocycles. The molecule has 152 valence electrons. The lowest BCUT2D eigenvalue weighted by atomic mass is 10.2. The fourth-order valence-corrected chi connectivity index (χ4v) is 3.73. The van der Waals surface area contributed by atoms with Gasteiger partial charge < -0.3 is 10.6 Å². The number of imidazole rings is 1. The number of fused-ring (bicyclic) bond motifs is 2. The molecule has 0 saturated heterocycles.